The van der Waals surface area contributed by atoms with E-state index in [1.807, 2.05) is 24.3 Å². The molecule has 0 unspecified atom stereocenters. The molecule has 0 atom stereocenters. The van der Waals surface area contributed by atoms with E-state index in [-0.39, 0.29) is 4.90 Å². The Morgan fingerprint density at radius 2 is 1.61 bits per heavy atom. The zero-order valence-electron chi connectivity index (χ0n) is 12.0. The molecule has 0 heterocycles. The summed E-state index contributed by atoms with van der Waals surface area (Å²) in [7, 11) is -3.70. The molecular formula is C17H13ClN2O2S. The summed E-state index contributed by atoms with van der Waals surface area (Å²) in [5, 5.41) is 6.24. The standard InChI is InChI=1S/C17H13ClN2O2S/c18-16-8-5-13(6-9-16)12-19-20-23(21,22)17-10-7-14-3-1-2-4-15(14)11-17/h1-12,20H. The molecule has 0 bridgehead atoms. The van der Waals surface area contributed by atoms with Gasteiger partial charge < -0.3 is 0 Å². The lowest BCUT2D eigenvalue weighted by molar-refractivity contribution is 0.585. The van der Waals surface area contributed by atoms with Gasteiger partial charge in [-0.3, -0.25) is 0 Å². The lowest BCUT2D eigenvalue weighted by atomic mass is 10.1. The number of nitrogens with one attached hydrogen (secondary N) is 1. The van der Waals surface area contributed by atoms with Gasteiger partial charge in [-0.2, -0.15) is 13.5 Å². The van der Waals surface area contributed by atoms with E-state index in [4.69, 9.17) is 11.6 Å². The molecule has 6 heteroatoms. The van der Waals surface area contributed by atoms with Gasteiger partial charge in [0.05, 0.1) is 11.1 Å². The number of halogens is 1. The normalized spacial score (nSPS) is 11.9. The molecule has 0 fully saturated rings. The molecule has 3 aromatic rings. The summed E-state index contributed by atoms with van der Waals surface area (Å²) in [5.74, 6) is 0. The first kappa shape index (κ1) is 15.5. The SMILES string of the molecule is O=S(=O)(NN=Cc1ccc(Cl)cc1)c1ccc2ccccc2c1. The van der Waals surface area contributed by atoms with E-state index < -0.39 is 10.0 Å². The van der Waals surface area contributed by atoms with Gasteiger partial charge in [0.25, 0.3) is 10.0 Å². The van der Waals surface area contributed by atoms with Crippen LogP contribution in [0.3, 0.4) is 0 Å². The Morgan fingerprint density at radius 1 is 0.913 bits per heavy atom. The lowest BCUT2D eigenvalue weighted by Crippen LogP contribution is -2.18. The molecule has 0 radical (unpaired) electrons. The second-order valence-electron chi connectivity index (χ2n) is 4.91. The maximum Gasteiger partial charge on any atom is 0.276 e. The third-order valence-corrected chi connectivity index (χ3v) is 4.76. The van der Waals surface area contributed by atoms with Gasteiger partial charge in [0, 0.05) is 5.02 Å². The summed E-state index contributed by atoms with van der Waals surface area (Å²) >= 11 is 5.79. The van der Waals surface area contributed by atoms with Crippen molar-refractivity contribution in [3.8, 4) is 0 Å². The van der Waals surface area contributed by atoms with Crippen molar-refractivity contribution in [1.82, 2.24) is 4.83 Å². The lowest BCUT2D eigenvalue weighted by Gasteiger charge is -2.05. The maximum atomic E-state index is 12.3. The number of fused-ring (bicyclic) bond motifs is 1. The summed E-state index contributed by atoms with van der Waals surface area (Å²) in [4.78, 5) is 2.38. The van der Waals surface area contributed by atoms with Crippen LogP contribution in [0.5, 0.6) is 0 Å². The summed E-state index contributed by atoms with van der Waals surface area (Å²) in [6, 6.07) is 19.4. The van der Waals surface area contributed by atoms with E-state index in [1.54, 1.807) is 42.5 Å². The van der Waals surface area contributed by atoms with E-state index >= 15 is 0 Å². The highest BCUT2D eigenvalue weighted by Gasteiger charge is 2.12. The molecule has 116 valence electrons. The fraction of sp³-hybridized carbons (Fsp3) is 0. The zero-order chi connectivity index (χ0) is 16.3. The summed E-state index contributed by atoms with van der Waals surface area (Å²) in [5.41, 5.74) is 0.746. The molecule has 0 aliphatic carbocycles. The molecular weight excluding hydrogens is 332 g/mol. The van der Waals surface area contributed by atoms with Crippen molar-refractivity contribution in [2.75, 3.05) is 0 Å². The average Bonchev–Trinajstić information content (AvgIpc) is 2.56. The number of benzene rings is 3. The molecule has 0 aliphatic heterocycles. The second kappa shape index (κ2) is 6.40. The molecule has 0 saturated heterocycles. The van der Waals surface area contributed by atoms with Crippen LogP contribution in [0, 0.1) is 0 Å². The molecule has 3 rings (SSSR count). The highest BCUT2D eigenvalue weighted by atomic mass is 35.5. The Morgan fingerprint density at radius 3 is 2.35 bits per heavy atom. The molecule has 23 heavy (non-hydrogen) atoms. The van der Waals surface area contributed by atoms with Crippen LogP contribution in [0.4, 0.5) is 0 Å². The van der Waals surface area contributed by atoms with Crippen molar-refractivity contribution in [3.05, 3.63) is 77.3 Å². The summed E-state index contributed by atoms with van der Waals surface area (Å²) < 4.78 is 24.5. The Bertz CT molecular complexity index is 967. The van der Waals surface area contributed by atoms with Gasteiger partial charge in [-0.25, -0.2) is 4.83 Å². The zero-order valence-corrected chi connectivity index (χ0v) is 13.6. The van der Waals surface area contributed by atoms with Gasteiger partial charge in [0.2, 0.25) is 0 Å². The van der Waals surface area contributed by atoms with Crippen molar-refractivity contribution < 1.29 is 8.42 Å². The van der Waals surface area contributed by atoms with Gasteiger partial charge in [-0.05, 0) is 40.6 Å². The minimum absolute atomic E-state index is 0.171. The Balaban J connectivity index is 1.81. The minimum atomic E-state index is -3.70. The van der Waals surface area contributed by atoms with Crippen LogP contribution in [-0.4, -0.2) is 14.6 Å². The molecule has 0 amide bonds. The predicted molar refractivity (Wildman–Crippen MR) is 93.3 cm³/mol. The van der Waals surface area contributed by atoms with Crippen molar-refractivity contribution in [2.24, 2.45) is 5.10 Å². The predicted octanol–water partition coefficient (Wildman–Crippen LogP) is 3.81. The number of sulfonamides is 1. The van der Waals surface area contributed by atoms with Gasteiger partial charge in [-0.15, -0.1) is 0 Å². The van der Waals surface area contributed by atoms with Crippen LogP contribution in [-0.2, 0) is 10.0 Å². The topological polar surface area (TPSA) is 58.5 Å². The minimum Gasteiger partial charge on any atom is -0.200 e. The molecule has 0 saturated carbocycles. The number of nitrogens with zero attached hydrogens (tertiary/aromatic N) is 1. The van der Waals surface area contributed by atoms with E-state index in [0.717, 1.165) is 16.3 Å². The summed E-state index contributed by atoms with van der Waals surface area (Å²) in [6.07, 6.45) is 1.43. The maximum absolute atomic E-state index is 12.3. The molecule has 0 aromatic heterocycles. The Hall–Kier alpha value is -2.37. The molecule has 4 nitrogen and oxygen atoms in total. The van der Waals surface area contributed by atoms with E-state index in [9.17, 15) is 8.42 Å². The van der Waals surface area contributed by atoms with E-state index in [2.05, 4.69) is 9.93 Å². The van der Waals surface area contributed by atoms with Crippen LogP contribution in [0.2, 0.25) is 5.02 Å². The molecule has 1 N–H and O–H groups in total. The smallest absolute Gasteiger partial charge is 0.200 e. The third kappa shape index (κ3) is 3.70. The van der Waals surface area contributed by atoms with Gasteiger partial charge in [-0.1, -0.05) is 54.1 Å². The number of hydrogen-bond donors (Lipinski definition) is 1. The Kier molecular flexibility index (Phi) is 4.32. The number of hydrogen-bond acceptors (Lipinski definition) is 3. The van der Waals surface area contributed by atoms with Gasteiger partial charge in [0.1, 0.15) is 0 Å². The summed E-state index contributed by atoms with van der Waals surface area (Å²) in [6.45, 7) is 0. The van der Waals surface area contributed by atoms with Gasteiger partial charge in [0.15, 0.2) is 0 Å². The second-order valence-corrected chi connectivity index (χ2v) is 7.01. The quantitative estimate of drug-likeness (QED) is 0.578. The fourth-order valence-electron chi connectivity index (χ4n) is 2.11. The van der Waals surface area contributed by atoms with Crippen molar-refractivity contribution >= 4 is 38.6 Å². The van der Waals surface area contributed by atoms with Crippen molar-refractivity contribution in [3.63, 3.8) is 0 Å². The number of hydrazone groups is 1. The van der Waals surface area contributed by atoms with Gasteiger partial charge >= 0.3 is 0 Å². The Labute approximate surface area is 139 Å². The van der Waals surface area contributed by atoms with Crippen LogP contribution in [0.15, 0.2) is 76.7 Å². The molecule has 3 aromatic carbocycles. The highest BCUT2D eigenvalue weighted by molar-refractivity contribution is 7.89. The largest absolute Gasteiger partial charge is 0.276 e. The van der Waals surface area contributed by atoms with Crippen LogP contribution >= 0.6 is 11.6 Å². The van der Waals surface area contributed by atoms with Crippen molar-refractivity contribution in [1.29, 1.82) is 0 Å². The third-order valence-electron chi connectivity index (χ3n) is 3.29. The van der Waals surface area contributed by atoms with Crippen LogP contribution in [0.25, 0.3) is 10.8 Å². The first-order valence-corrected chi connectivity index (χ1v) is 8.70. The number of rotatable bonds is 4. The van der Waals surface area contributed by atoms with Crippen LogP contribution < -0.4 is 4.83 Å². The molecule has 0 aliphatic rings. The average molecular weight is 345 g/mol. The molecule has 0 spiro atoms. The van der Waals surface area contributed by atoms with E-state index in [0.29, 0.717) is 5.02 Å². The van der Waals surface area contributed by atoms with E-state index in [1.165, 1.54) is 6.21 Å². The first-order valence-electron chi connectivity index (χ1n) is 6.84. The highest BCUT2D eigenvalue weighted by Crippen LogP contribution is 2.18. The monoisotopic (exact) mass is 344 g/mol. The fourth-order valence-corrected chi connectivity index (χ4v) is 3.06. The van der Waals surface area contributed by atoms with Crippen molar-refractivity contribution in [2.45, 2.75) is 4.90 Å². The first-order chi connectivity index (χ1) is 11.0. The van der Waals surface area contributed by atoms with Crippen LogP contribution in [0.1, 0.15) is 5.56 Å².